The summed E-state index contributed by atoms with van der Waals surface area (Å²) >= 11 is 0. The molecule has 2 aromatic carbocycles. The van der Waals surface area contributed by atoms with Crippen molar-refractivity contribution in [3.8, 4) is 11.1 Å². The third-order valence-corrected chi connectivity index (χ3v) is 6.83. The topological polar surface area (TPSA) is 95.1 Å². The van der Waals surface area contributed by atoms with Crippen molar-refractivity contribution >= 4 is 22.8 Å². The molecule has 0 bridgehead atoms. The number of fused-ring (bicyclic) bond motifs is 2. The fourth-order valence-corrected chi connectivity index (χ4v) is 4.89. The van der Waals surface area contributed by atoms with E-state index in [2.05, 4.69) is 44.7 Å². The number of H-pyrrole nitrogens is 1. The third-order valence-electron chi connectivity index (χ3n) is 6.83. The van der Waals surface area contributed by atoms with Crippen LogP contribution in [0.15, 0.2) is 78.8 Å². The van der Waals surface area contributed by atoms with Crippen molar-refractivity contribution in [3.05, 3.63) is 89.9 Å². The summed E-state index contributed by atoms with van der Waals surface area (Å²) in [4.78, 5) is 33.7. The first-order chi connectivity index (χ1) is 17.1. The number of benzene rings is 2. The Balaban J connectivity index is 1.04. The summed E-state index contributed by atoms with van der Waals surface area (Å²) in [6.07, 6.45) is 6.72. The Morgan fingerprint density at radius 1 is 0.971 bits per heavy atom. The van der Waals surface area contributed by atoms with Gasteiger partial charge >= 0.3 is 0 Å². The van der Waals surface area contributed by atoms with Gasteiger partial charge in [-0.1, -0.05) is 30.3 Å². The number of nitrogens with one attached hydrogen (secondary N) is 1. The Morgan fingerprint density at radius 2 is 1.83 bits per heavy atom. The maximum atomic E-state index is 13.0. The van der Waals surface area contributed by atoms with Crippen molar-refractivity contribution in [1.82, 2.24) is 30.2 Å². The average Bonchev–Trinajstić information content (AvgIpc) is 3.62. The lowest BCUT2D eigenvalue weighted by atomic mass is 10.0. The number of carbonyl (C=O) groups is 2. The van der Waals surface area contributed by atoms with E-state index in [1.165, 1.54) is 0 Å². The van der Waals surface area contributed by atoms with Crippen molar-refractivity contribution in [2.45, 2.75) is 12.8 Å². The predicted molar refractivity (Wildman–Crippen MR) is 131 cm³/mol. The molecular formula is C27H24N6O2. The van der Waals surface area contributed by atoms with Crippen LogP contribution in [0.1, 0.15) is 22.3 Å². The smallest absolute Gasteiger partial charge is 0.257 e. The number of aromatic nitrogens is 4. The molecule has 2 aromatic heterocycles. The van der Waals surface area contributed by atoms with Gasteiger partial charge in [-0.05, 0) is 52.9 Å². The van der Waals surface area contributed by atoms with E-state index in [0.717, 1.165) is 27.8 Å². The van der Waals surface area contributed by atoms with Gasteiger partial charge in [0.15, 0.2) is 0 Å². The number of carbonyl (C=O) groups excluding carboxylic acids is 2. The molecule has 0 spiro atoms. The van der Waals surface area contributed by atoms with E-state index in [4.69, 9.17) is 0 Å². The molecule has 8 nitrogen and oxygen atoms in total. The summed E-state index contributed by atoms with van der Waals surface area (Å²) in [5.74, 6) is 0.313. The Bertz CT molecular complexity index is 1430. The summed E-state index contributed by atoms with van der Waals surface area (Å²) in [6, 6.07) is 17.6. The molecule has 35 heavy (non-hydrogen) atoms. The van der Waals surface area contributed by atoms with Gasteiger partial charge < -0.3 is 9.80 Å². The molecule has 2 amide bonds. The van der Waals surface area contributed by atoms with Crippen LogP contribution in [0.2, 0.25) is 0 Å². The molecule has 1 saturated heterocycles. The molecule has 4 aromatic rings. The van der Waals surface area contributed by atoms with Crippen molar-refractivity contribution in [2.24, 2.45) is 5.92 Å². The molecule has 0 radical (unpaired) electrons. The predicted octanol–water partition coefficient (Wildman–Crippen LogP) is 3.45. The minimum Gasteiger partial charge on any atom is -0.338 e. The number of pyridine rings is 1. The highest BCUT2D eigenvalue weighted by Crippen LogP contribution is 2.31. The standard InChI is InChI=1S/C27H24N6O2/c34-26(10-5-18-3-6-19(7-4-18)21-2-1-11-28-13-21)32-14-22-16-33(17-23(22)15-32)27(35)20-8-9-24-25(12-20)30-31-29-24/h1-4,6-9,11-13,16,23H,5,10,14-15,17H2,(H,29,30,31)/t23-/m1/s1. The molecule has 2 aliphatic rings. The number of aryl methyl sites for hydroxylation is 1. The molecule has 2 aliphatic heterocycles. The second kappa shape index (κ2) is 8.79. The van der Waals surface area contributed by atoms with Crippen LogP contribution in [-0.4, -0.2) is 61.6 Å². The number of rotatable bonds is 5. The van der Waals surface area contributed by atoms with Crippen molar-refractivity contribution in [3.63, 3.8) is 0 Å². The summed E-state index contributed by atoms with van der Waals surface area (Å²) in [5, 5.41) is 10.7. The zero-order valence-corrected chi connectivity index (χ0v) is 19.1. The lowest BCUT2D eigenvalue weighted by molar-refractivity contribution is -0.130. The lowest BCUT2D eigenvalue weighted by Crippen LogP contribution is -2.33. The van der Waals surface area contributed by atoms with Gasteiger partial charge in [-0.25, -0.2) is 0 Å². The first-order valence-corrected chi connectivity index (χ1v) is 11.7. The minimum absolute atomic E-state index is 0.0515. The van der Waals surface area contributed by atoms with Gasteiger partial charge in [0.25, 0.3) is 5.91 Å². The maximum Gasteiger partial charge on any atom is 0.257 e. The Morgan fingerprint density at radius 3 is 2.63 bits per heavy atom. The van der Waals surface area contributed by atoms with Crippen LogP contribution < -0.4 is 0 Å². The monoisotopic (exact) mass is 464 g/mol. The van der Waals surface area contributed by atoms with E-state index in [1.54, 1.807) is 29.3 Å². The zero-order chi connectivity index (χ0) is 23.8. The van der Waals surface area contributed by atoms with Gasteiger partial charge in [-0.3, -0.25) is 14.6 Å². The van der Waals surface area contributed by atoms with Crippen LogP contribution in [0.4, 0.5) is 0 Å². The van der Waals surface area contributed by atoms with Crippen LogP contribution >= 0.6 is 0 Å². The SMILES string of the molecule is O=C(c1ccc2n[nH]nc2c1)N1C=C2CN(C(=O)CCc3ccc(-c4cccnc4)cc3)C[C@@H]2C1. The first kappa shape index (κ1) is 21.2. The molecule has 0 unspecified atom stereocenters. The van der Waals surface area contributed by atoms with E-state index in [0.29, 0.717) is 43.6 Å². The summed E-state index contributed by atoms with van der Waals surface area (Å²) < 4.78 is 0. The van der Waals surface area contributed by atoms with Gasteiger partial charge in [0, 0.05) is 56.1 Å². The van der Waals surface area contributed by atoms with E-state index >= 15 is 0 Å². The third kappa shape index (κ3) is 4.19. The van der Waals surface area contributed by atoms with Gasteiger partial charge in [0.05, 0.1) is 0 Å². The fourth-order valence-electron chi connectivity index (χ4n) is 4.89. The van der Waals surface area contributed by atoms with Crippen molar-refractivity contribution in [1.29, 1.82) is 0 Å². The quantitative estimate of drug-likeness (QED) is 0.488. The van der Waals surface area contributed by atoms with Gasteiger partial charge in [-0.2, -0.15) is 15.4 Å². The summed E-state index contributed by atoms with van der Waals surface area (Å²) in [5.41, 5.74) is 6.49. The molecule has 4 heterocycles. The van der Waals surface area contributed by atoms with Crippen LogP contribution in [0.3, 0.4) is 0 Å². The molecule has 0 saturated carbocycles. The number of nitrogens with zero attached hydrogens (tertiary/aromatic N) is 5. The van der Waals surface area contributed by atoms with Crippen molar-refractivity contribution in [2.75, 3.05) is 19.6 Å². The minimum atomic E-state index is -0.0515. The van der Waals surface area contributed by atoms with E-state index in [9.17, 15) is 9.59 Å². The second-order valence-corrected chi connectivity index (χ2v) is 9.10. The highest BCUT2D eigenvalue weighted by Gasteiger charge is 2.37. The highest BCUT2D eigenvalue weighted by molar-refractivity contribution is 5.98. The Labute approximate surface area is 202 Å². The molecule has 174 valence electrons. The maximum absolute atomic E-state index is 13.0. The van der Waals surface area contributed by atoms with Crippen molar-refractivity contribution < 1.29 is 9.59 Å². The highest BCUT2D eigenvalue weighted by atomic mass is 16.2. The number of hydrogen-bond acceptors (Lipinski definition) is 5. The van der Waals surface area contributed by atoms with Gasteiger partial charge in [0.2, 0.25) is 5.91 Å². The fraction of sp³-hybridized carbons (Fsp3) is 0.222. The average molecular weight is 465 g/mol. The Kier molecular flexibility index (Phi) is 5.33. The van der Waals surface area contributed by atoms with E-state index < -0.39 is 0 Å². The number of hydrogen-bond donors (Lipinski definition) is 1. The van der Waals surface area contributed by atoms with Gasteiger partial charge in [-0.15, -0.1) is 0 Å². The number of aromatic amines is 1. The number of amides is 2. The molecule has 6 rings (SSSR count). The number of likely N-dealkylation sites (tertiary alicyclic amines) is 1. The molecule has 1 N–H and O–H groups in total. The molecule has 8 heteroatoms. The Hall–Kier alpha value is -4.33. The molecule has 0 aliphatic carbocycles. The van der Waals surface area contributed by atoms with Crippen LogP contribution in [0.25, 0.3) is 22.2 Å². The van der Waals surface area contributed by atoms with Crippen LogP contribution in [0.5, 0.6) is 0 Å². The molecule has 1 atom stereocenters. The molecular weight excluding hydrogens is 440 g/mol. The second-order valence-electron chi connectivity index (χ2n) is 9.10. The first-order valence-electron chi connectivity index (χ1n) is 11.7. The van der Waals surface area contributed by atoms with E-state index in [-0.39, 0.29) is 17.7 Å². The van der Waals surface area contributed by atoms with Crippen LogP contribution in [0, 0.1) is 5.92 Å². The summed E-state index contributed by atoms with van der Waals surface area (Å²) in [7, 11) is 0. The zero-order valence-electron chi connectivity index (χ0n) is 19.1. The van der Waals surface area contributed by atoms with E-state index in [1.807, 2.05) is 29.4 Å². The van der Waals surface area contributed by atoms with Gasteiger partial charge in [0.1, 0.15) is 11.0 Å². The summed E-state index contributed by atoms with van der Waals surface area (Å²) in [6.45, 7) is 1.86. The lowest BCUT2D eigenvalue weighted by Gasteiger charge is -2.20. The van der Waals surface area contributed by atoms with Crippen LogP contribution in [-0.2, 0) is 11.2 Å². The normalized spacial score (nSPS) is 17.0. The largest absolute Gasteiger partial charge is 0.338 e. The molecule has 1 fully saturated rings.